The van der Waals surface area contributed by atoms with Gasteiger partial charge < -0.3 is 16.5 Å². The second kappa shape index (κ2) is 3.42. The summed E-state index contributed by atoms with van der Waals surface area (Å²) in [7, 11) is 1.80. The van der Waals surface area contributed by atoms with Crippen molar-refractivity contribution in [3.05, 3.63) is 11.4 Å². The molecule has 1 fully saturated rings. The third kappa shape index (κ3) is 1.73. The summed E-state index contributed by atoms with van der Waals surface area (Å²) < 4.78 is 0. The van der Waals surface area contributed by atoms with Gasteiger partial charge in [-0.25, -0.2) is 0 Å². The fourth-order valence-corrected chi connectivity index (χ4v) is 1.35. The molecule has 11 heavy (non-hydrogen) atoms. The van der Waals surface area contributed by atoms with Gasteiger partial charge in [-0.3, -0.25) is 0 Å². The molecule has 0 aliphatic heterocycles. The Morgan fingerprint density at radius 2 is 2.09 bits per heavy atom. The quantitative estimate of drug-likeness (QED) is 0.525. The van der Waals surface area contributed by atoms with Crippen LogP contribution in [-0.2, 0) is 0 Å². The molecule has 62 valence electrons. The normalized spacial score (nSPS) is 23.2. The van der Waals surface area contributed by atoms with Gasteiger partial charge in [-0.2, -0.15) is 0 Å². The molecule has 4 N–H and O–H groups in total. The third-order valence-corrected chi connectivity index (χ3v) is 2.06. The summed E-state index contributed by atoms with van der Waals surface area (Å²) in [5.41, 5.74) is 7.39. The molecule has 0 amide bonds. The molecule has 0 aromatic rings. The lowest BCUT2D eigenvalue weighted by atomic mass is 9.93. The number of nitrogens with two attached hydrogens (primary N) is 1. The SMILES string of the molecule is CN/C(N)=C1\CCCCC1=N. The summed E-state index contributed by atoms with van der Waals surface area (Å²) in [6, 6.07) is 0. The topological polar surface area (TPSA) is 61.9 Å². The van der Waals surface area contributed by atoms with Gasteiger partial charge in [0.05, 0.1) is 0 Å². The van der Waals surface area contributed by atoms with Gasteiger partial charge in [-0.1, -0.05) is 0 Å². The highest BCUT2D eigenvalue weighted by Gasteiger charge is 2.13. The summed E-state index contributed by atoms with van der Waals surface area (Å²) >= 11 is 0. The molecule has 1 rings (SSSR count). The van der Waals surface area contributed by atoms with Crippen molar-refractivity contribution < 1.29 is 0 Å². The summed E-state index contributed by atoms with van der Waals surface area (Å²) in [6.07, 6.45) is 4.16. The molecule has 0 bridgehead atoms. The predicted molar refractivity (Wildman–Crippen MR) is 46.5 cm³/mol. The van der Waals surface area contributed by atoms with Crippen molar-refractivity contribution in [3.63, 3.8) is 0 Å². The van der Waals surface area contributed by atoms with E-state index < -0.39 is 0 Å². The third-order valence-electron chi connectivity index (χ3n) is 2.06. The van der Waals surface area contributed by atoms with E-state index in [-0.39, 0.29) is 0 Å². The molecular weight excluding hydrogens is 138 g/mol. The highest BCUT2D eigenvalue weighted by atomic mass is 15.0. The van der Waals surface area contributed by atoms with Crippen LogP contribution in [0.15, 0.2) is 11.4 Å². The Balaban J connectivity index is 2.75. The lowest BCUT2D eigenvalue weighted by molar-refractivity contribution is 0.716. The van der Waals surface area contributed by atoms with Gasteiger partial charge in [0, 0.05) is 18.3 Å². The van der Waals surface area contributed by atoms with E-state index in [1.54, 1.807) is 7.05 Å². The lowest BCUT2D eigenvalue weighted by Gasteiger charge is -2.17. The molecule has 0 atom stereocenters. The highest BCUT2D eigenvalue weighted by molar-refractivity contribution is 5.98. The van der Waals surface area contributed by atoms with Crippen molar-refractivity contribution in [1.29, 1.82) is 5.41 Å². The van der Waals surface area contributed by atoms with E-state index in [9.17, 15) is 0 Å². The average molecular weight is 153 g/mol. The fourth-order valence-electron chi connectivity index (χ4n) is 1.35. The summed E-state index contributed by atoms with van der Waals surface area (Å²) in [4.78, 5) is 0. The van der Waals surface area contributed by atoms with E-state index >= 15 is 0 Å². The minimum Gasteiger partial charge on any atom is -0.385 e. The van der Waals surface area contributed by atoms with Crippen molar-refractivity contribution in [2.24, 2.45) is 5.73 Å². The maximum atomic E-state index is 7.60. The smallest absolute Gasteiger partial charge is 0.101 e. The first-order valence-electron chi connectivity index (χ1n) is 4.00. The van der Waals surface area contributed by atoms with Crippen molar-refractivity contribution in [3.8, 4) is 0 Å². The van der Waals surface area contributed by atoms with Crippen LogP contribution >= 0.6 is 0 Å². The molecule has 0 spiro atoms. The van der Waals surface area contributed by atoms with Crippen LogP contribution in [-0.4, -0.2) is 12.8 Å². The summed E-state index contributed by atoms with van der Waals surface area (Å²) in [5.74, 6) is 0.676. The number of rotatable bonds is 1. The number of hydrogen-bond acceptors (Lipinski definition) is 3. The second-order valence-electron chi connectivity index (χ2n) is 2.83. The van der Waals surface area contributed by atoms with Gasteiger partial charge >= 0.3 is 0 Å². The van der Waals surface area contributed by atoms with Crippen LogP contribution in [0.2, 0.25) is 0 Å². The summed E-state index contributed by atoms with van der Waals surface area (Å²) in [6.45, 7) is 0. The second-order valence-corrected chi connectivity index (χ2v) is 2.83. The molecule has 3 nitrogen and oxygen atoms in total. The van der Waals surface area contributed by atoms with Crippen LogP contribution in [0.1, 0.15) is 25.7 Å². The molecule has 0 unspecified atom stereocenters. The van der Waals surface area contributed by atoms with E-state index in [0.717, 1.165) is 24.8 Å². The van der Waals surface area contributed by atoms with Crippen LogP contribution in [0.4, 0.5) is 0 Å². The predicted octanol–water partition coefficient (Wildman–Crippen LogP) is 0.970. The van der Waals surface area contributed by atoms with Gasteiger partial charge in [-0.05, 0) is 25.7 Å². The molecule has 0 aromatic carbocycles. The van der Waals surface area contributed by atoms with E-state index in [0.29, 0.717) is 11.5 Å². The first kappa shape index (κ1) is 8.11. The Labute approximate surface area is 67.2 Å². The molecule has 0 radical (unpaired) electrons. The number of allylic oxidation sites excluding steroid dienone is 1. The number of nitrogens with one attached hydrogen (secondary N) is 2. The zero-order chi connectivity index (χ0) is 8.27. The van der Waals surface area contributed by atoms with E-state index in [1.807, 2.05) is 0 Å². The van der Waals surface area contributed by atoms with Crippen LogP contribution < -0.4 is 11.1 Å². The minimum absolute atomic E-state index is 0.676. The Kier molecular flexibility index (Phi) is 2.52. The van der Waals surface area contributed by atoms with E-state index in [1.165, 1.54) is 6.42 Å². The Morgan fingerprint density at radius 1 is 1.45 bits per heavy atom. The molecule has 0 heterocycles. The van der Waals surface area contributed by atoms with Gasteiger partial charge in [0.1, 0.15) is 5.82 Å². The molecule has 1 saturated carbocycles. The van der Waals surface area contributed by atoms with Gasteiger partial charge in [0.2, 0.25) is 0 Å². The first-order chi connectivity index (χ1) is 5.25. The maximum absolute atomic E-state index is 7.60. The lowest BCUT2D eigenvalue weighted by Crippen LogP contribution is -2.22. The van der Waals surface area contributed by atoms with E-state index in [2.05, 4.69) is 5.32 Å². The first-order valence-corrected chi connectivity index (χ1v) is 4.00. The Hall–Kier alpha value is -0.990. The van der Waals surface area contributed by atoms with Gasteiger partial charge in [-0.15, -0.1) is 0 Å². The molecule has 1 aliphatic rings. The zero-order valence-electron chi connectivity index (χ0n) is 6.91. The largest absolute Gasteiger partial charge is 0.385 e. The fraction of sp³-hybridized carbons (Fsp3) is 0.625. The Morgan fingerprint density at radius 3 is 2.64 bits per heavy atom. The highest BCUT2D eigenvalue weighted by Crippen LogP contribution is 2.20. The molecule has 1 aliphatic carbocycles. The van der Waals surface area contributed by atoms with Crippen molar-refractivity contribution in [2.75, 3.05) is 7.05 Å². The molecular formula is C8H15N3. The van der Waals surface area contributed by atoms with Crippen LogP contribution in [0.5, 0.6) is 0 Å². The number of hydrogen-bond donors (Lipinski definition) is 3. The van der Waals surface area contributed by atoms with Crippen LogP contribution in [0.25, 0.3) is 0 Å². The molecule has 0 aromatic heterocycles. The minimum atomic E-state index is 0.676. The Bertz CT molecular complexity index is 194. The van der Waals surface area contributed by atoms with Gasteiger partial charge in [0.15, 0.2) is 0 Å². The maximum Gasteiger partial charge on any atom is 0.101 e. The molecule has 0 saturated heterocycles. The van der Waals surface area contributed by atoms with Crippen LogP contribution in [0, 0.1) is 5.41 Å². The summed E-state index contributed by atoms with van der Waals surface area (Å²) in [5, 5.41) is 10.5. The van der Waals surface area contributed by atoms with Gasteiger partial charge in [0.25, 0.3) is 0 Å². The van der Waals surface area contributed by atoms with E-state index in [4.69, 9.17) is 11.1 Å². The van der Waals surface area contributed by atoms with Crippen molar-refractivity contribution in [1.82, 2.24) is 5.32 Å². The molecule has 3 heteroatoms. The van der Waals surface area contributed by atoms with Crippen molar-refractivity contribution >= 4 is 5.71 Å². The average Bonchev–Trinajstić information content (AvgIpc) is 2.04. The van der Waals surface area contributed by atoms with Crippen LogP contribution in [0.3, 0.4) is 0 Å². The standard InChI is InChI=1S/C8H15N3/c1-11-8(10)6-4-2-3-5-7(6)9/h9,11H,2-5,10H2,1H3/b8-6+,9-7?. The van der Waals surface area contributed by atoms with Crippen molar-refractivity contribution in [2.45, 2.75) is 25.7 Å². The zero-order valence-corrected chi connectivity index (χ0v) is 6.91. The monoisotopic (exact) mass is 153 g/mol.